The summed E-state index contributed by atoms with van der Waals surface area (Å²) in [6, 6.07) is 0.249. The molecular weight excluding hydrogens is 192 g/mol. The summed E-state index contributed by atoms with van der Waals surface area (Å²) in [6.45, 7) is 6.92. The molecule has 0 aromatic rings. The van der Waals surface area contributed by atoms with Crippen LogP contribution in [0.5, 0.6) is 0 Å². The van der Waals surface area contributed by atoms with Gasteiger partial charge in [-0.05, 0) is 33.2 Å². The van der Waals surface area contributed by atoms with Crippen molar-refractivity contribution in [2.75, 3.05) is 19.6 Å². The largest absolute Gasteiger partial charge is 0.444 e. The fourth-order valence-corrected chi connectivity index (χ4v) is 2.37. The van der Waals surface area contributed by atoms with Gasteiger partial charge in [-0.25, -0.2) is 4.79 Å². The SMILES string of the molecule is CC(C)N1CC(C2CCCNC2)OC1=O. The third kappa shape index (κ3) is 2.25. The molecule has 2 saturated heterocycles. The molecule has 15 heavy (non-hydrogen) atoms. The number of amides is 1. The zero-order valence-corrected chi connectivity index (χ0v) is 9.53. The number of hydrogen-bond donors (Lipinski definition) is 1. The van der Waals surface area contributed by atoms with Crippen LogP contribution >= 0.6 is 0 Å². The Morgan fingerprint density at radius 2 is 2.33 bits per heavy atom. The molecule has 2 heterocycles. The summed E-state index contributed by atoms with van der Waals surface area (Å²) in [5.74, 6) is 0.506. The fraction of sp³-hybridized carbons (Fsp3) is 0.909. The highest BCUT2D eigenvalue weighted by molar-refractivity contribution is 5.70. The van der Waals surface area contributed by atoms with Crippen molar-refractivity contribution in [2.45, 2.75) is 38.8 Å². The van der Waals surface area contributed by atoms with Crippen molar-refractivity contribution in [3.8, 4) is 0 Å². The van der Waals surface area contributed by atoms with Gasteiger partial charge in [-0.15, -0.1) is 0 Å². The van der Waals surface area contributed by atoms with Crippen molar-refractivity contribution in [1.29, 1.82) is 0 Å². The molecule has 0 aromatic carbocycles. The summed E-state index contributed by atoms with van der Waals surface area (Å²) in [5.41, 5.74) is 0. The minimum atomic E-state index is -0.138. The van der Waals surface area contributed by atoms with Crippen LogP contribution in [0.15, 0.2) is 0 Å². The molecule has 86 valence electrons. The molecule has 4 heteroatoms. The predicted octanol–water partition coefficient (Wildman–Crippen LogP) is 1.22. The molecule has 0 aromatic heterocycles. The van der Waals surface area contributed by atoms with Gasteiger partial charge < -0.3 is 15.0 Å². The van der Waals surface area contributed by atoms with Crippen molar-refractivity contribution >= 4 is 6.09 Å². The first-order valence-electron chi connectivity index (χ1n) is 5.86. The molecule has 1 N–H and O–H groups in total. The first kappa shape index (κ1) is 10.7. The van der Waals surface area contributed by atoms with E-state index >= 15 is 0 Å². The van der Waals surface area contributed by atoms with Gasteiger partial charge in [-0.1, -0.05) is 0 Å². The van der Waals surface area contributed by atoms with Crippen LogP contribution < -0.4 is 5.32 Å². The van der Waals surface area contributed by atoms with Crippen molar-refractivity contribution in [1.82, 2.24) is 10.2 Å². The summed E-state index contributed by atoms with van der Waals surface area (Å²) in [6.07, 6.45) is 2.34. The van der Waals surface area contributed by atoms with Gasteiger partial charge in [-0.2, -0.15) is 0 Å². The van der Waals surface area contributed by atoms with Crippen LogP contribution in [0.3, 0.4) is 0 Å². The van der Waals surface area contributed by atoms with E-state index in [2.05, 4.69) is 5.32 Å². The molecule has 2 aliphatic rings. The summed E-state index contributed by atoms with van der Waals surface area (Å²) in [5, 5.41) is 3.36. The minimum absolute atomic E-state index is 0.104. The number of rotatable bonds is 2. The number of carbonyl (C=O) groups is 1. The highest BCUT2D eigenvalue weighted by Crippen LogP contribution is 2.24. The van der Waals surface area contributed by atoms with Crippen LogP contribution in [0.25, 0.3) is 0 Å². The van der Waals surface area contributed by atoms with E-state index in [4.69, 9.17) is 4.74 Å². The number of piperidine rings is 1. The van der Waals surface area contributed by atoms with Gasteiger partial charge in [0.05, 0.1) is 6.54 Å². The number of nitrogens with one attached hydrogen (secondary N) is 1. The number of hydrogen-bond acceptors (Lipinski definition) is 3. The van der Waals surface area contributed by atoms with E-state index in [1.54, 1.807) is 0 Å². The quantitative estimate of drug-likeness (QED) is 0.748. The Morgan fingerprint density at radius 1 is 1.53 bits per heavy atom. The molecule has 2 aliphatic heterocycles. The number of ether oxygens (including phenoxy) is 1. The van der Waals surface area contributed by atoms with Crippen LogP contribution in [-0.4, -0.2) is 42.8 Å². The van der Waals surface area contributed by atoms with E-state index in [0.717, 1.165) is 19.6 Å². The van der Waals surface area contributed by atoms with Gasteiger partial charge in [0, 0.05) is 18.5 Å². The van der Waals surface area contributed by atoms with Crippen LogP contribution in [0.1, 0.15) is 26.7 Å². The van der Waals surface area contributed by atoms with E-state index in [0.29, 0.717) is 5.92 Å². The van der Waals surface area contributed by atoms with Crippen LogP contribution in [0.2, 0.25) is 0 Å². The van der Waals surface area contributed by atoms with Crippen molar-refractivity contribution in [2.24, 2.45) is 5.92 Å². The predicted molar refractivity (Wildman–Crippen MR) is 57.7 cm³/mol. The van der Waals surface area contributed by atoms with Gasteiger partial charge in [0.2, 0.25) is 0 Å². The summed E-state index contributed by atoms with van der Waals surface area (Å²) < 4.78 is 5.42. The maximum atomic E-state index is 11.6. The Hall–Kier alpha value is -0.770. The van der Waals surface area contributed by atoms with Gasteiger partial charge in [-0.3, -0.25) is 0 Å². The molecule has 2 fully saturated rings. The Balaban J connectivity index is 1.92. The normalized spacial score (nSPS) is 32.2. The molecule has 2 unspecified atom stereocenters. The molecule has 0 bridgehead atoms. The molecule has 0 radical (unpaired) electrons. The average Bonchev–Trinajstić information content (AvgIpc) is 2.62. The zero-order valence-electron chi connectivity index (χ0n) is 9.53. The molecular formula is C11H20N2O2. The number of cyclic esters (lactones) is 1. The minimum Gasteiger partial charge on any atom is -0.444 e. The van der Waals surface area contributed by atoms with E-state index in [1.807, 2.05) is 18.7 Å². The van der Waals surface area contributed by atoms with E-state index < -0.39 is 0 Å². The van der Waals surface area contributed by atoms with E-state index in [1.165, 1.54) is 12.8 Å². The topological polar surface area (TPSA) is 41.6 Å². The molecule has 0 saturated carbocycles. The van der Waals surface area contributed by atoms with Crippen molar-refractivity contribution in [3.63, 3.8) is 0 Å². The third-order valence-electron chi connectivity index (χ3n) is 3.35. The molecule has 0 spiro atoms. The van der Waals surface area contributed by atoms with Crippen LogP contribution in [0, 0.1) is 5.92 Å². The highest BCUT2D eigenvalue weighted by Gasteiger charge is 2.37. The number of carbonyl (C=O) groups excluding carboxylic acids is 1. The Kier molecular flexibility index (Phi) is 3.14. The second kappa shape index (κ2) is 4.39. The second-order valence-electron chi connectivity index (χ2n) is 4.77. The lowest BCUT2D eigenvalue weighted by Crippen LogP contribution is -2.39. The standard InChI is InChI=1S/C11H20N2O2/c1-8(2)13-7-10(15-11(13)14)9-4-3-5-12-6-9/h8-10,12H,3-7H2,1-2H3. The maximum absolute atomic E-state index is 11.6. The fourth-order valence-electron chi connectivity index (χ4n) is 2.37. The van der Waals surface area contributed by atoms with Crippen molar-refractivity contribution < 1.29 is 9.53 Å². The zero-order chi connectivity index (χ0) is 10.8. The Morgan fingerprint density at radius 3 is 2.87 bits per heavy atom. The lowest BCUT2D eigenvalue weighted by Gasteiger charge is -2.26. The lowest BCUT2D eigenvalue weighted by molar-refractivity contribution is 0.0923. The van der Waals surface area contributed by atoms with Crippen LogP contribution in [-0.2, 0) is 4.74 Å². The molecule has 4 nitrogen and oxygen atoms in total. The number of nitrogens with zero attached hydrogens (tertiary/aromatic N) is 1. The van der Waals surface area contributed by atoms with Gasteiger partial charge in [0.25, 0.3) is 0 Å². The summed E-state index contributed by atoms with van der Waals surface area (Å²) in [4.78, 5) is 13.4. The summed E-state index contributed by atoms with van der Waals surface area (Å²) >= 11 is 0. The molecule has 1 amide bonds. The van der Waals surface area contributed by atoms with Crippen LogP contribution in [0.4, 0.5) is 4.79 Å². The average molecular weight is 212 g/mol. The molecule has 2 atom stereocenters. The Labute approximate surface area is 91.0 Å². The second-order valence-corrected chi connectivity index (χ2v) is 4.77. The Bertz CT molecular complexity index is 237. The lowest BCUT2D eigenvalue weighted by atomic mass is 9.93. The summed E-state index contributed by atoms with van der Waals surface area (Å²) in [7, 11) is 0. The highest BCUT2D eigenvalue weighted by atomic mass is 16.6. The first-order chi connectivity index (χ1) is 7.18. The maximum Gasteiger partial charge on any atom is 0.410 e. The monoisotopic (exact) mass is 212 g/mol. The van der Waals surface area contributed by atoms with Gasteiger partial charge >= 0.3 is 6.09 Å². The van der Waals surface area contributed by atoms with Gasteiger partial charge in [0.1, 0.15) is 6.10 Å². The first-order valence-corrected chi connectivity index (χ1v) is 5.86. The molecule has 2 rings (SSSR count). The molecule has 0 aliphatic carbocycles. The third-order valence-corrected chi connectivity index (χ3v) is 3.35. The van der Waals surface area contributed by atoms with Crippen molar-refractivity contribution in [3.05, 3.63) is 0 Å². The van der Waals surface area contributed by atoms with E-state index in [9.17, 15) is 4.79 Å². The van der Waals surface area contributed by atoms with Gasteiger partial charge in [0.15, 0.2) is 0 Å². The smallest absolute Gasteiger partial charge is 0.410 e. The van der Waals surface area contributed by atoms with E-state index in [-0.39, 0.29) is 18.2 Å².